The summed E-state index contributed by atoms with van der Waals surface area (Å²) in [5.74, 6) is 2.86. The van der Waals surface area contributed by atoms with Crippen molar-refractivity contribution in [3.63, 3.8) is 0 Å². The molecule has 1 aromatic rings. The molecule has 0 N–H and O–H groups in total. The average molecular weight is 374 g/mol. The standard InChI is InChI=1S/C20H31N5O2/c26-19(6-5-17-3-1-2-4-17)24-11-9-23(10-12-24)18-7-8-21-20(22-18)25-13-15-27-16-14-25/h7-8,17H,1-6,9-16H2. The van der Waals surface area contributed by atoms with Gasteiger partial charge in [-0.2, -0.15) is 4.98 Å². The van der Waals surface area contributed by atoms with Crippen LogP contribution >= 0.6 is 0 Å². The number of aromatic nitrogens is 2. The molecular formula is C20H31N5O2. The predicted molar refractivity (Wildman–Crippen MR) is 105 cm³/mol. The van der Waals surface area contributed by atoms with Gasteiger partial charge in [0.1, 0.15) is 5.82 Å². The van der Waals surface area contributed by atoms with Gasteiger partial charge in [0.15, 0.2) is 0 Å². The van der Waals surface area contributed by atoms with Gasteiger partial charge in [-0.25, -0.2) is 4.98 Å². The number of ether oxygens (including phenoxy) is 1. The van der Waals surface area contributed by atoms with Crippen molar-refractivity contribution in [2.45, 2.75) is 38.5 Å². The molecule has 1 aromatic heterocycles. The molecular weight excluding hydrogens is 342 g/mol. The highest BCUT2D eigenvalue weighted by Crippen LogP contribution is 2.28. The minimum Gasteiger partial charge on any atom is -0.378 e. The summed E-state index contributed by atoms with van der Waals surface area (Å²) in [6, 6.07) is 1.97. The van der Waals surface area contributed by atoms with Gasteiger partial charge in [-0.3, -0.25) is 4.79 Å². The minimum atomic E-state index is 0.332. The van der Waals surface area contributed by atoms with Gasteiger partial charge in [-0.1, -0.05) is 25.7 Å². The lowest BCUT2D eigenvalue weighted by Crippen LogP contribution is -2.49. The van der Waals surface area contributed by atoms with Gasteiger partial charge in [0.25, 0.3) is 0 Å². The van der Waals surface area contributed by atoms with E-state index >= 15 is 0 Å². The molecule has 0 unspecified atom stereocenters. The number of anilines is 2. The Hall–Kier alpha value is -1.89. The molecule has 1 aliphatic carbocycles. The molecule has 0 radical (unpaired) electrons. The van der Waals surface area contributed by atoms with Gasteiger partial charge < -0.3 is 19.4 Å². The van der Waals surface area contributed by atoms with Crippen LogP contribution in [0.5, 0.6) is 0 Å². The van der Waals surface area contributed by atoms with E-state index in [1.165, 1.54) is 25.7 Å². The summed E-state index contributed by atoms with van der Waals surface area (Å²) in [6.45, 7) is 6.41. The molecule has 27 heavy (non-hydrogen) atoms. The predicted octanol–water partition coefficient (Wildman–Crippen LogP) is 1.93. The second-order valence-corrected chi connectivity index (χ2v) is 7.87. The monoisotopic (exact) mass is 373 g/mol. The van der Waals surface area contributed by atoms with Crippen LogP contribution in [0.15, 0.2) is 12.3 Å². The molecule has 0 spiro atoms. The number of hydrogen-bond acceptors (Lipinski definition) is 6. The molecule has 2 saturated heterocycles. The van der Waals surface area contributed by atoms with Crippen molar-refractivity contribution in [2.75, 3.05) is 62.3 Å². The van der Waals surface area contributed by atoms with Crippen molar-refractivity contribution in [3.05, 3.63) is 12.3 Å². The van der Waals surface area contributed by atoms with Gasteiger partial charge in [0, 0.05) is 51.9 Å². The summed E-state index contributed by atoms with van der Waals surface area (Å²) in [5, 5.41) is 0. The number of piperazine rings is 1. The Morgan fingerprint density at radius 2 is 1.78 bits per heavy atom. The second-order valence-electron chi connectivity index (χ2n) is 7.87. The van der Waals surface area contributed by atoms with E-state index in [1.807, 2.05) is 17.2 Å². The normalized spacial score (nSPS) is 21.7. The first-order valence-electron chi connectivity index (χ1n) is 10.5. The second kappa shape index (κ2) is 8.87. The Morgan fingerprint density at radius 1 is 1.04 bits per heavy atom. The summed E-state index contributed by atoms with van der Waals surface area (Å²) in [6.07, 6.45) is 8.98. The van der Waals surface area contributed by atoms with E-state index in [0.29, 0.717) is 5.91 Å². The van der Waals surface area contributed by atoms with Gasteiger partial charge >= 0.3 is 0 Å². The number of hydrogen-bond donors (Lipinski definition) is 0. The third kappa shape index (κ3) is 4.69. The highest BCUT2D eigenvalue weighted by atomic mass is 16.5. The Labute approximate surface area is 161 Å². The molecule has 3 heterocycles. The van der Waals surface area contributed by atoms with Gasteiger partial charge in [0.2, 0.25) is 11.9 Å². The van der Waals surface area contributed by atoms with E-state index < -0.39 is 0 Å². The molecule has 148 valence electrons. The molecule has 3 fully saturated rings. The van der Waals surface area contributed by atoms with Crippen LogP contribution in [0.25, 0.3) is 0 Å². The molecule has 0 aromatic carbocycles. The van der Waals surface area contributed by atoms with Crippen molar-refractivity contribution < 1.29 is 9.53 Å². The van der Waals surface area contributed by atoms with Gasteiger partial charge in [-0.15, -0.1) is 0 Å². The van der Waals surface area contributed by atoms with Gasteiger partial charge in [-0.05, 0) is 18.4 Å². The lowest BCUT2D eigenvalue weighted by Gasteiger charge is -2.36. The highest BCUT2D eigenvalue weighted by Gasteiger charge is 2.24. The highest BCUT2D eigenvalue weighted by molar-refractivity contribution is 5.76. The first-order chi connectivity index (χ1) is 13.3. The van der Waals surface area contributed by atoms with E-state index in [1.54, 1.807) is 0 Å². The summed E-state index contributed by atoms with van der Waals surface area (Å²) >= 11 is 0. The molecule has 7 heteroatoms. The first kappa shape index (κ1) is 18.5. The molecule has 7 nitrogen and oxygen atoms in total. The van der Waals surface area contributed by atoms with Gasteiger partial charge in [0.05, 0.1) is 13.2 Å². The molecule has 2 aliphatic heterocycles. The van der Waals surface area contributed by atoms with E-state index in [0.717, 1.165) is 83.0 Å². The van der Waals surface area contributed by atoms with E-state index in [4.69, 9.17) is 9.72 Å². The molecule has 4 rings (SSSR count). The summed E-state index contributed by atoms with van der Waals surface area (Å²) < 4.78 is 5.41. The quantitative estimate of drug-likeness (QED) is 0.786. The Balaban J connectivity index is 1.27. The maximum atomic E-state index is 12.5. The SMILES string of the molecule is O=C(CCC1CCCC1)N1CCN(c2ccnc(N3CCOCC3)n2)CC1. The molecule has 3 aliphatic rings. The maximum absolute atomic E-state index is 12.5. The number of carbonyl (C=O) groups excluding carboxylic acids is 1. The molecule has 1 amide bonds. The third-order valence-corrected chi connectivity index (χ3v) is 6.12. The fourth-order valence-electron chi connectivity index (χ4n) is 4.40. The van der Waals surface area contributed by atoms with Crippen LogP contribution in [0.4, 0.5) is 11.8 Å². The largest absolute Gasteiger partial charge is 0.378 e. The zero-order valence-electron chi connectivity index (χ0n) is 16.2. The van der Waals surface area contributed by atoms with Crippen LogP contribution in [-0.2, 0) is 9.53 Å². The van der Waals surface area contributed by atoms with Crippen LogP contribution in [0.2, 0.25) is 0 Å². The van der Waals surface area contributed by atoms with E-state index in [2.05, 4.69) is 14.8 Å². The minimum absolute atomic E-state index is 0.332. The Kier molecular flexibility index (Phi) is 6.07. The zero-order chi connectivity index (χ0) is 18.5. The Bertz CT molecular complexity index is 621. The van der Waals surface area contributed by atoms with Crippen LogP contribution in [0.1, 0.15) is 38.5 Å². The smallest absolute Gasteiger partial charge is 0.227 e. The van der Waals surface area contributed by atoms with Crippen molar-refractivity contribution in [3.8, 4) is 0 Å². The number of rotatable bonds is 5. The summed E-state index contributed by atoms with van der Waals surface area (Å²) in [7, 11) is 0. The van der Waals surface area contributed by atoms with Crippen LogP contribution in [-0.4, -0.2) is 73.3 Å². The lowest BCUT2D eigenvalue weighted by molar-refractivity contribution is -0.131. The molecule has 1 saturated carbocycles. The number of amides is 1. The third-order valence-electron chi connectivity index (χ3n) is 6.12. The number of nitrogens with zero attached hydrogens (tertiary/aromatic N) is 5. The average Bonchev–Trinajstić information content (AvgIpc) is 3.27. The Morgan fingerprint density at radius 3 is 2.52 bits per heavy atom. The summed E-state index contributed by atoms with van der Waals surface area (Å²) in [5.41, 5.74) is 0. The topological polar surface area (TPSA) is 61.8 Å². The fraction of sp³-hybridized carbons (Fsp3) is 0.750. The fourth-order valence-corrected chi connectivity index (χ4v) is 4.40. The van der Waals surface area contributed by atoms with E-state index in [9.17, 15) is 4.79 Å². The zero-order valence-corrected chi connectivity index (χ0v) is 16.2. The van der Waals surface area contributed by atoms with Crippen molar-refractivity contribution in [1.29, 1.82) is 0 Å². The molecule has 0 bridgehead atoms. The maximum Gasteiger partial charge on any atom is 0.227 e. The van der Waals surface area contributed by atoms with Crippen molar-refractivity contribution in [2.24, 2.45) is 5.92 Å². The summed E-state index contributed by atoms with van der Waals surface area (Å²) in [4.78, 5) is 28.2. The van der Waals surface area contributed by atoms with Crippen molar-refractivity contribution in [1.82, 2.24) is 14.9 Å². The van der Waals surface area contributed by atoms with Crippen LogP contribution in [0, 0.1) is 5.92 Å². The van der Waals surface area contributed by atoms with Crippen LogP contribution in [0.3, 0.4) is 0 Å². The van der Waals surface area contributed by atoms with Crippen molar-refractivity contribution >= 4 is 17.7 Å². The number of morpholine rings is 1. The number of carbonyl (C=O) groups is 1. The lowest BCUT2D eigenvalue weighted by atomic mass is 10.0. The first-order valence-corrected chi connectivity index (χ1v) is 10.5. The molecule has 0 atom stereocenters. The van der Waals surface area contributed by atoms with E-state index in [-0.39, 0.29) is 0 Å². The van der Waals surface area contributed by atoms with Crippen LogP contribution < -0.4 is 9.80 Å².